The van der Waals surface area contributed by atoms with Crippen molar-refractivity contribution in [1.82, 2.24) is 9.88 Å². The van der Waals surface area contributed by atoms with Gasteiger partial charge >= 0.3 is 0 Å². The Hall–Kier alpha value is -3.65. The van der Waals surface area contributed by atoms with E-state index in [1.165, 1.54) is 12.1 Å². The van der Waals surface area contributed by atoms with Crippen molar-refractivity contribution in [1.29, 1.82) is 0 Å². The highest BCUT2D eigenvalue weighted by Crippen LogP contribution is 2.39. The number of carbonyl (C=O) groups is 2. The number of fused-ring (bicyclic) bond motifs is 4. The summed E-state index contributed by atoms with van der Waals surface area (Å²) >= 11 is 6.16. The molecular weight excluding hydrogens is 519 g/mol. The molecule has 1 fully saturated rings. The number of rotatable bonds is 7. The topological polar surface area (TPSA) is 83.4 Å². The highest BCUT2D eigenvalue weighted by atomic mass is 35.5. The first-order chi connectivity index (χ1) is 18.7. The maximum absolute atomic E-state index is 14.4. The van der Waals surface area contributed by atoms with Crippen molar-refractivity contribution in [2.24, 2.45) is 11.8 Å². The molecule has 1 aromatic heterocycles. The number of hydrogen-bond donors (Lipinski definition) is 2. The van der Waals surface area contributed by atoms with Crippen LogP contribution < -0.4 is 21.1 Å². The van der Waals surface area contributed by atoms with Crippen LogP contribution in [0.4, 0.5) is 15.8 Å². The largest absolute Gasteiger partial charge is 0.369 e. The third kappa shape index (κ3) is 5.86. The molecule has 0 spiro atoms. The van der Waals surface area contributed by atoms with Crippen molar-refractivity contribution < 1.29 is 14.0 Å². The first-order valence-electron chi connectivity index (χ1n) is 13.3. The van der Waals surface area contributed by atoms with Crippen LogP contribution in [0.25, 0.3) is 0 Å². The number of nitrogens with zero attached hydrogens (tertiary/aromatic N) is 2. The molecule has 2 aliphatic rings. The summed E-state index contributed by atoms with van der Waals surface area (Å²) in [6.45, 7) is 6.58. The van der Waals surface area contributed by atoms with E-state index >= 15 is 0 Å². The number of amides is 2. The summed E-state index contributed by atoms with van der Waals surface area (Å²) < 4.78 is 16.2. The van der Waals surface area contributed by atoms with Crippen molar-refractivity contribution in [2.75, 3.05) is 29.9 Å². The second-order valence-electron chi connectivity index (χ2n) is 10.9. The van der Waals surface area contributed by atoms with Crippen LogP contribution in [-0.4, -0.2) is 36.0 Å². The van der Waals surface area contributed by atoms with E-state index in [-0.39, 0.29) is 40.3 Å². The van der Waals surface area contributed by atoms with Crippen LogP contribution in [0.5, 0.6) is 0 Å². The zero-order valence-corrected chi connectivity index (χ0v) is 22.8. The van der Waals surface area contributed by atoms with Crippen LogP contribution in [0, 0.1) is 17.7 Å². The van der Waals surface area contributed by atoms with Crippen LogP contribution in [0.15, 0.2) is 59.4 Å². The van der Waals surface area contributed by atoms with Gasteiger partial charge in [0.05, 0.1) is 17.8 Å². The Bertz CT molecular complexity index is 1450. The molecule has 2 bridgehead atoms. The molecule has 0 unspecified atom stereocenters. The number of aromatic nitrogens is 1. The molecule has 7 nitrogen and oxygen atoms in total. The smallest absolute Gasteiger partial charge is 0.251 e. The minimum atomic E-state index is -0.544. The average Bonchev–Trinajstić information content (AvgIpc) is 2.90. The van der Waals surface area contributed by atoms with E-state index in [1.807, 2.05) is 30.5 Å². The van der Waals surface area contributed by atoms with Gasteiger partial charge in [0, 0.05) is 60.0 Å². The van der Waals surface area contributed by atoms with Gasteiger partial charge in [-0.25, -0.2) is 4.39 Å². The molecule has 204 valence electrons. The van der Waals surface area contributed by atoms with Gasteiger partial charge in [-0.2, -0.15) is 0 Å². The molecule has 0 saturated carbocycles. The lowest BCUT2D eigenvalue weighted by Crippen LogP contribution is -2.47. The highest BCUT2D eigenvalue weighted by molar-refractivity contribution is 6.31. The number of piperidine rings is 1. The molecule has 1 saturated heterocycles. The first kappa shape index (κ1) is 26.9. The lowest BCUT2D eigenvalue weighted by molar-refractivity contribution is -0.115. The van der Waals surface area contributed by atoms with E-state index in [0.29, 0.717) is 43.3 Å². The Morgan fingerprint density at radius 3 is 2.64 bits per heavy atom. The predicted octanol–water partition coefficient (Wildman–Crippen LogP) is 4.83. The number of anilines is 2. The second-order valence-corrected chi connectivity index (χ2v) is 11.3. The number of carbonyl (C=O) groups excluding carboxylic acids is 2. The Morgan fingerprint density at radius 1 is 1.08 bits per heavy atom. The van der Waals surface area contributed by atoms with Gasteiger partial charge in [-0.1, -0.05) is 37.6 Å². The fourth-order valence-electron chi connectivity index (χ4n) is 5.60. The van der Waals surface area contributed by atoms with Gasteiger partial charge < -0.3 is 20.1 Å². The van der Waals surface area contributed by atoms with Gasteiger partial charge in [-0.05, 0) is 54.7 Å². The van der Waals surface area contributed by atoms with E-state index < -0.39 is 11.7 Å². The molecule has 39 heavy (non-hydrogen) atoms. The molecule has 9 heteroatoms. The standard InChI is InChI=1S/C30H32ClFN4O3/c1-18(2)14-33-30(39)20-9-10-27(25(12-20)34-28(37)13-22-23(31)5-3-6-24(22)32)35-15-19-11-21(17-35)26-7-4-8-29(38)36(26)16-19/h3-10,12,18-19,21H,11,13-17H2,1-2H3,(H,33,39)(H,34,37)/t19-,21+/m1/s1. The van der Waals surface area contributed by atoms with Crippen LogP contribution in [0.1, 0.15) is 47.8 Å². The minimum Gasteiger partial charge on any atom is -0.369 e. The van der Waals surface area contributed by atoms with Crippen molar-refractivity contribution in [3.8, 4) is 0 Å². The monoisotopic (exact) mass is 550 g/mol. The summed E-state index contributed by atoms with van der Waals surface area (Å²) in [6.07, 6.45) is 0.749. The molecular formula is C30H32ClFN4O3. The molecule has 2 N–H and O–H groups in total. The van der Waals surface area contributed by atoms with Crippen LogP contribution in [-0.2, 0) is 17.8 Å². The molecule has 0 radical (unpaired) electrons. The lowest BCUT2D eigenvalue weighted by atomic mass is 9.83. The molecule has 2 aromatic carbocycles. The van der Waals surface area contributed by atoms with Crippen molar-refractivity contribution in [3.63, 3.8) is 0 Å². The van der Waals surface area contributed by atoms with Crippen molar-refractivity contribution in [2.45, 2.75) is 39.2 Å². The van der Waals surface area contributed by atoms with Gasteiger partial charge in [-0.15, -0.1) is 0 Å². The normalized spacial score (nSPS) is 18.0. The zero-order chi connectivity index (χ0) is 27.7. The minimum absolute atomic E-state index is 0.0205. The summed E-state index contributed by atoms with van der Waals surface area (Å²) in [5, 5.41) is 6.03. The third-order valence-corrected chi connectivity index (χ3v) is 7.78. The van der Waals surface area contributed by atoms with Gasteiger partial charge in [0.1, 0.15) is 5.82 Å². The van der Waals surface area contributed by atoms with Crippen LogP contribution >= 0.6 is 11.6 Å². The lowest BCUT2D eigenvalue weighted by Gasteiger charge is -2.44. The van der Waals surface area contributed by atoms with Gasteiger partial charge in [0.15, 0.2) is 0 Å². The number of halogens is 2. The van der Waals surface area contributed by atoms with E-state index in [4.69, 9.17) is 11.6 Å². The van der Waals surface area contributed by atoms with Crippen LogP contribution in [0.3, 0.4) is 0 Å². The fourth-order valence-corrected chi connectivity index (χ4v) is 5.83. The molecule has 2 aliphatic heterocycles. The summed E-state index contributed by atoms with van der Waals surface area (Å²) in [5.41, 5.74) is 2.85. The van der Waals surface area contributed by atoms with Gasteiger partial charge in [0.25, 0.3) is 11.5 Å². The van der Waals surface area contributed by atoms with E-state index in [1.54, 1.807) is 30.3 Å². The molecule has 5 rings (SSSR count). The number of hydrogen-bond acceptors (Lipinski definition) is 4. The van der Waals surface area contributed by atoms with Gasteiger partial charge in [0.2, 0.25) is 5.91 Å². The number of benzene rings is 2. The van der Waals surface area contributed by atoms with Gasteiger partial charge in [-0.3, -0.25) is 14.4 Å². The highest BCUT2D eigenvalue weighted by Gasteiger charge is 2.35. The second kappa shape index (κ2) is 11.2. The zero-order valence-electron chi connectivity index (χ0n) is 22.0. The number of nitrogens with one attached hydrogen (secondary N) is 2. The van der Waals surface area contributed by atoms with Crippen molar-refractivity contribution in [3.05, 3.63) is 92.6 Å². The molecule has 3 aromatic rings. The molecule has 3 heterocycles. The Labute approximate surface area is 232 Å². The quantitative estimate of drug-likeness (QED) is 0.441. The van der Waals surface area contributed by atoms with Crippen LogP contribution in [0.2, 0.25) is 5.02 Å². The Balaban J connectivity index is 1.44. The summed E-state index contributed by atoms with van der Waals surface area (Å²) in [5.74, 6) is -0.477. The van der Waals surface area contributed by atoms with Crippen molar-refractivity contribution >= 4 is 34.8 Å². The fraction of sp³-hybridized carbons (Fsp3) is 0.367. The third-order valence-electron chi connectivity index (χ3n) is 7.42. The van der Waals surface area contributed by atoms with E-state index in [0.717, 1.165) is 17.8 Å². The summed E-state index contributed by atoms with van der Waals surface area (Å²) in [7, 11) is 0. The van der Waals surface area contributed by atoms with E-state index in [9.17, 15) is 18.8 Å². The molecule has 2 amide bonds. The first-order valence-corrected chi connectivity index (χ1v) is 13.7. The maximum Gasteiger partial charge on any atom is 0.251 e. The average molecular weight is 551 g/mol. The maximum atomic E-state index is 14.4. The predicted molar refractivity (Wildman–Crippen MR) is 151 cm³/mol. The Kier molecular flexibility index (Phi) is 7.75. The molecule has 0 aliphatic carbocycles. The number of pyridine rings is 1. The van der Waals surface area contributed by atoms with E-state index in [2.05, 4.69) is 15.5 Å². The Morgan fingerprint density at radius 2 is 1.87 bits per heavy atom. The SMILES string of the molecule is CC(C)CNC(=O)c1ccc(N2C[C@H]3C[C@@H](C2)c2cccc(=O)n2C3)c(NC(=O)Cc2c(F)cccc2Cl)c1. The summed E-state index contributed by atoms with van der Waals surface area (Å²) in [4.78, 5) is 40.6. The molecule has 2 atom stereocenters. The summed E-state index contributed by atoms with van der Waals surface area (Å²) in [6, 6.07) is 15.0.